The molecule has 3 heteroatoms. The van der Waals surface area contributed by atoms with Crippen LogP contribution in [0, 0.1) is 0 Å². The van der Waals surface area contributed by atoms with Crippen molar-refractivity contribution in [2.45, 2.75) is 19.9 Å². The van der Waals surface area contributed by atoms with Gasteiger partial charge in [0, 0.05) is 6.04 Å². The van der Waals surface area contributed by atoms with E-state index in [4.69, 9.17) is 4.74 Å². The van der Waals surface area contributed by atoms with Crippen molar-refractivity contribution in [3.8, 4) is 6.01 Å². The molecule has 0 radical (unpaired) electrons. The lowest BCUT2D eigenvalue weighted by atomic mass is 10.3. The van der Waals surface area contributed by atoms with Gasteiger partial charge in [-0.15, -0.1) is 0 Å². The molecule has 0 spiro atoms. The average molecular weight is 190 g/mol. The lowest BCUT2D eigenvalue weighted by Gasteiger charge is -2.10. The molecule has 0 saturated heterocycles. The number of hydrogen-bond donors (Lipinski definition) is 0. The highest BCUT2D eigenvalue weighted by Gasteiger charge is 2.12. The maximum absolute atomic E-state index is 5.24. The molecule has 0 unspecified atom stereocenters. The van der Waals surface area contributed by atoms with Gasteiger partial charge in [0.15, 0.2) is 0 Å². The van der Waals surface area contributed by atoms with Gasteiger partial charge in [-0.05, 0) is 26.0 Å². The van der Waals surface area contributed by atoms with Gasteiger partial charge >= 0.3 is 0 Å². The third kappa shape index (κ3) is 1.25. The Balaban J connectivity index is 2.74. The van der Waals surface area contributed by atoms with E-state index < -0.39 is 0 Å². The predicted molar refractivity (Wildman–Crippen MR) is 56.7 cm³/mol. The van der Waals surface area contributed by atoms with E-state index in [9.17, 15) is 0 Å². The minimum atomic E-state index is 0.359. The number of methoxy groups -OCH3 is 1. The monoisotopic (exact) mass is 190 g/mol. The van der Waals surface area contributed by atoms with E-state index in [0.717, 1.165) is 11.0 Å². The van der Waals surface area contributed by atoms with Crippen molar-refractivity contribution in [3.63, 3.8) is 0 Å². The van der Waals surface area contributed by atoms with Crippen LogP contribution in [-0.4, -0.2) is 16.7 Å². The van der Waals surface area contributed by atoms with Gasteiger partial charge in [-0.25, -0.2) is 0 Å². The molecule has 3 nitrogen and oxygen atoms in total. The Bertz CT molecular complexity index is 445. The summed E-state index contributed by atoms with van der Waals surface area (Å²) in [6.45, 7) is 4.24. The van der Waals surface area contributed by atoms with Crippen LogP contribution >= 0.6 is 0 Å². The fourth-order valence-electron chi connectivity index (χ4n) is 1.67. The molecule has 2 aromatic rings. The number of aromatic nitrogens is 2. The van der Waals surface area contributed by atoms with Crippen molar-refractivity contribution >= 4 is 11.0 Å². The van der Waals surface area contributed by atoms with Gasteiger partial charge in [0.1, 0.15) is 0 Å². The molecular formula is C11H14N2O. The molecule has 0 aliphatic heterocycles. The SMILES string of the molecule is COc1nc2ccccc2n1C(C)C. The van der Waals surface area contributed by atoms with Crippen LogP contribution < -0.4 is 4.74 Å². The van der Waals surface area contributed by atoms with Gasteiger partial charge in [-0.3, -0.25) is 4.57 Å². The molecule has 1 aromatic carbocycles. The quantitative estimate of drug-likeness (QED) is 0.727. The summed E-state index contributed by atoms with van der Waals surface area (Å²) in [5, 5.41) is 0. The highest BCUT2D eigenvalue weighted by Crippen LogP contribution is 2.24. The molecular weight excluding hydrogens is 176 g/mol. The number of hydrogen-bond acceptors (Lipinski definition) is 2. The van der Waals surface area contributed by atoms with E-state index in [1.54, 1.807) is 7.11 Å². The Kier molecular flexibility index (Phi) is 2.15. The second-order valence-corrected chi connectivity index (χ2v) is 3.55. The van der Waals surface area contributed by atoms with Crippen LogP contribution in [0.2, 0.25) is 0 Å². The molecule has 2 rings (SSSR count). The summed E-state index contributed by atoms with van der Waals surface area (Å²) in [7, 11) is 1.65. The molecule has 1 aromatic heterocycles. The first kappa shape index (κ1) is 9.06. The molecule has 0 amide bonds. The highest BCUT2D eigenvalue weighted by molar-refractivity contribution is 5.76. The van der Waals surface area contributed by atoms with Gasteiger partial charge in [-0.2, -0.15) is 4.98 Å². The van der Waals surface area contributed by atoms with Crippen molar-refractivity contribution < 1.29 is 4.74 Å². The van der Waals surface area contributed by atoms with E-state index >= 15 is 0 Å². The van der Waals surface area contributed by atoms with Crippen molar-refractivity contribution in [2.24, 2.45) is 0 Å². The van der Waals surface area contributed by atoms with Crippen molar-refractivity contribution in [1.82, 2.24) is 9.55 Å². The molecule has 0 bridgehead atoms. The molecule has 0 saturated carbocycles. The van der Waals surface area contributed by atoms with Gasteiger partial charge in [0.25, 0.3) is 6.01 Å². The summed E-state index contributed by atoms with van der Waals surface area (Å²) < 4.78 is 7.34. The summed E-state index contributed by atoms with van der Waals surface area (Å²) in [4.78, 5) is 4.39. The van der Waals surface area contributed by atoms with Crippen molar-refractivity contribution in [1.29, 1.82) is 0 Å². The molecule has 0 aliphatic rings. The number of para-hydroxylation sites is 2. The van der Waals surface area contributed by atoms with Crippen LogP contribution in [0.3, 0.4) is 0 Å². The zero-order valence-corrected chi connectivity index (χ0v) is 8.69. The number of rotatable bonds is 2. The smallest absolute Gasteiger partial charge is 0.297 e. The van der Waals surface area contributed by atoms with Gasteiger partial charge < -0.3 is 4.74 Å². The second kappa shape index (κ2) is 3.33. The van der Waals surface area contributed by atoms with Crippen LogP contribution in [0.5, 0.6) is 6.01 Å². The fraction of sp³-hybridized carbons (Fsp3) is 0.364. The van der Waals surface area contributed by atoms with Crippen LogP contribution in [-0.2, 0) is 0 Å². The van der Waals surface area contributed by atoms with Crippen molar-refractivity contribution in [2.75, 3.05) is 7.11 Å². The molecule has 0 N–H and O–H groups in total. The highest BCUT2D eigenvalue weighted by atomic mass is 16.5. The largest absolute Gasteiger partial charge is 0.468 e. The van der Waals surface area contributed by atoms with E-state index in [0.29, 0.717) is 12.1 Å². The Morgan fingerprint density at radius 1 is 1.29 bits per heavy atom. The maximum atomic E-state index is 5.24. The summed E-state index contributed by atoms with van der Waals surface area (Å²) in [5.74, 6) is 0. The number of ether oxygens (including phenoxy) is 1. The first-order chi connectivity index (χ1) is 6.74. The van der Waals surface area contributed by atoms with Crippen LogP contribution in [0.25, 0.3) is 11.0 Å². The summed E-state index contributed by atoms with van der Waals surface area (Å²) >= 11 is 0. The molecule has 1 heterocycles. The lowest BCUT2D eigenvalue weighted by Crippen LogP contribution is -2.03. The minimum Gasteiger partial charge on any atom is -0.468 e. The lowest BCUT2D eigenvalue weighted by molar-refractivity contribution is 0.350. The topological polar surface area (TPSA) is 27.1 Å². The van der Waals surface area contributed by atoms with E-state index in [2.05, 4.69) is 29.5 Å². The molecule has 74 valence electrons. The Morgan fingerprint density at radius 3 is 2.64 bits per heavy atom. The molecule has 0 fully saturated rings. The van der Waals surface area contributed by atoms with Crippen LogP contribution in [0.4, 0.5) is 0 Å². The average Bonchev–Trinajstić information content (AvgIpc) is 2.55. The van der Waals surface area contributed by atoms with Crippen LogP contribution in [0.15, 0.2) is 24.3 Å². The third-order valence-corrected chi connectivity index (χ3v) is 2.26. The number of imidazole rings is 1. The van der Waals surface area contributed by atoms with E-state index in [1.807, 2.05) is 18.2 Å². The fourth-order valence-corrected chi connectivity index (χ4v) is 1.67. The van der Waals surface area contributed by atoms with Gasteiger partial charge in [0.05, 0.1) is 18.1 Å². The summed E-state index contributed by atoms with van der Waals surface area (Å²) in [6, 6.07) is 9.10. The number of nitrogens with zero attached hydrogens (tertiary/aromatic N) is 2. The summed E-state index contributed by atoms with van der Waals surface area (Å²) in [5.41, 5.74) is 2.11. The molecule has 0 atom stereocenters. The molecule has 0 aliphatic carbocycles. The van der Waals surface area contributed by atoms with Crippen LogP contribution in [0.1, 0.15) is 19.9 Å². The number of fused-ring (bicyclic) bond motifs is 1. The zero-order chi connectivity index (χ0) is 10.1. The van der Waals surface area contributed by atoms with E-state index in [1.165, 1.54) is 0 Å². The van der Waals surface area contributed by atoms with Gasteiger partial charge in [0.2, 0.25) is 0 Å². The first-order valence-corrected chi connectivity index (χ1v) is 4.75. The van der Waals surface area contributed by atoms with Gasteiger partial charge in [-0.1, -0.05) is 12.1 Å². The Morgan fingerprint density at radius 2 is 2.00 bits per heavy atom. The first-order valence-electron chi connectivity index (χ1n) is 4.75. The van der Waals surface area contributed by atoms with E-state index in [-0.39, 0.29) is 0 Å². The Labute approximate surface area is 83.3 Å². The Hall–Kier alpha value is -1.51. The standard InChI is InChI=1S/C11H14N2O/c1-8(2)13-10-7-5-4-6-9(10)12-11(13)14-3/h4-8H,1-3H3. The predicted octanol–water partition coefficient (Wildman–Crippen LogP) is 2.63. The molecule has 14 heavy (non-hydrogen) atoms. The van der Waals surface area contributed by atoms with Crippen molar-refractivity contribution in [3.05, 3.63) is 24.3 Å². The minimum absolute atomic E-state index is 0.359. The summed E-state index contributed by atoms with van der Waals surface area (Å²) in [6.07, 6.45) is 0. The maximum Gasteiger partial charge on any atom is 0.297 e. The second-order valence-electron chi connectivity index (χ2n) is 3.55. The third-order valence-electron chi connectivity index (χ3n) is 2.26. The number of benzene rings is 1. The zero-order valence-electron chi connectivity index (χ0n) is 8.69. The normalized spacial score (nSPS) is 11.1.